The molecular weight excluding hydrogens is 196 g/mol. The second-order valence-corrected chi connectivity index (χ2v) is 3.90. The Kier molecular flexibility index (Phi) is 3.35. The van der Waals surface area contributed by atoms with E-state index in [-0.39, 0.29) is 6.10 Å². The fourth-order valence-electron chi connectivity index (χ4n) is 1.83. The van der Waals surface area contributed by atoms with Crippen LogP contribution < -0.4 is 0 Å². The molecule has 1 saturated heterocycles. The molecule has 0 aromatic carbocycles. The first-order chi connectivity index (χ1) is 7.28. The van der Waals surface area contributed by atoms with Crippen molar-refractivity contribution in [3.63, 3.8) is 0 Å². The molecule has 0 unspecified atom stereocenters. The Morgan fingerprint density at radius 1 is 1.73 bits per heavy atom. The Bertz CT molecular complexity index is 313. The SMILES string of the molecule is COCc1cc(CN2CC[C@@H](O)C2)no1. The molecule has 1 N–H and O–H groups in total. The molecule has 0 spiro atoms. The zero-order valence-electron chi connectivity index (χ0n) is 8.85. The largest absolute Gasteiger partial charge is 0.392 e. The summed E-state index contributed by atoms with van der Waals surface area (Å²) in [6.07, 6.45) is 0.665. The summed E-state index contributed by atoms with van der Waals surface area (Å²) in [5, 5.41) is 13.3. The lowest BCUT2D eigenvalue weighted by atomic mass is 10.3. The number of likely N-dealkylation sites (tertiary alicyclic amines) is 1. The number of methoxy groups -OCH3 is 1. The summed E-state index contributed by atoms with van der Waals surface area (Å²) in [7, 11) is 1.62. The van der Waals surface area contributed by atoms with Crippen LogP contribution in [0.25, 0.3) is 0 Å². The summed E-state index contributed by atoms with van der Waals surface area (Å²) < 4.78 is 10.0. The summed E-state index contributed by atoms with van der Waals surface area (Å²) in [4.78, 5) is 2.17. The number of rotatable bonds is 4. The molecule has 0 saturated carbocycles. The Hall–Kier alpha value is -0.910. The monoisotopic (exact) mass is 212 g/mol. The van der Waals surface area contributed by atoms with Crippen molar-refractivity contribution >= 4 is 0 Å². The van der Waals surface area contributed by atoms with Gasteiger partial charge in [0, 0.05) is 32.8 Å². The standard InChI is InChI=1S/C10H16N2O3/c1-14-7-10-4-8(11-15-10)5-12-3-2-9(13)6-12/h4,9,13H,2-3,5-7H2,1H3/t9-/m1/s1. The minimum absolute atomic E-state index is 0.185. The summed E-state index contributed by atoms with van der Waals surface area (Å²) in [6, 6.07) is 1.90. The molecule has 1 aliphatic rings. The number of nitrogens with zero attached hydrogens (tertiary/aromatic N) is 2. The second-order valence-electron chi connectivity index (χ2n) is 3.90. The highest BCUT2D eigenvalue weighted by molar-refractivity contribution is 5.04. The molecule has 0 bridgehead atoms. The van der Waals surface area contributed by atoms with Crippen LogP contribution in [0.4, 0.5) is 0 Å². The van der Waals surface area contributed by atoms with Gasteiger partial charge in [0.15, 0.2) is 5.76 Å². The Labute approximate surface area is 88.6 Å². The maximum absolute atomic E-state index is 9.36. The van der Waals surface area contributed by atoms with Crippen LogP contribution in [0.2, 0.25) is 0 Å². The lowest BCUT2D eigenvalue weighted by molar-refractivity contribution is 0.155. The molecule has 0 amide bonds. The highest BCUT2D eigenvalue weighted by Gasteiger charge is 2.21. The van der Waals surface area contributed by atoms with Gasteiger partial charge < -0.3 is 14.4 Å². The number of hydrogen-bond donors (Lipinski definition) is 1. The number of aliphatic hydroxyl groups excluding tert-OH is 1. The van der Waals surface area contributed by atoms with E-state index in [0.29, 0.717) is 6.61 Å². The highest BCUT2D eigenvalue weighted by Crippen LogP contribution is 2.13. The van der Waals surface area contributed by atoms with Crippen LogP contribution in [0.1, 0.15) is 17.9 Å². The average Bonchev–Trinajstić information content (AvgIpc) is 2.78. The van der Waals surface area contributed by atoms with Crippen molar-refractivity contribution in [3.05, 3.63) is 17.5 Å². The summed E-state index contributed by atoms with van der Waals surface area (Å²) in [6.45, 7) is 2.85. The van der Waals surface area contributed by atoms with Crippen molar-refractivity contribution < 1.29 is 14.4 Å². The van der Waals surface area contributed by atoms with Crippen molar-refractivity contribution in [2.45, 2.75) is 25.7 Å². The molecule has 2 heterocycles. The quantitative estimate of drug-likeness (QED) is 0.782. The van der Waals surface area contributed by atoms with Crippen molar-refractivity contribution in [2.24, 2.45) is 0 Å². The van der Waals surface area contributed by atoms with E-state index in [4.69, 9.17) is 9.26 Å². The highest BCUT2D eigenvalue weighted by atomic mass is 16.5. The van der Waals surface area contributed by atoms with E-state index in [0.717, 1.165) is 37.5 Å². The van der Waals surface area contributed by atoms with Gasteiger partial charge in [-0.2, -0.15) is 0 Å². The van der Waals surface area contributed by atoms with Crippen molar-refractivity contribution in [1.29, 1.82) is 0 Å². The first-order valence-corrected chi connectivity index (χ1v) is 5.12. The molecule has 2 rings (SSSR count). The summed E-state index contributed by atoms with van der Waals surface area (Å²) >= 11 is 0. The van der Waals surface area contributed by atoms with Gasteiger partial charge in [0.1, 0.15) is 6.61 Å². The maximum Gasteiger partial charge on any atom is 0.162 e. The third kappa shape index (κ3) is 2.77. The first-order valence-electron chi connectivity index (χ1n) is 5.12. The van der Waals surface area contributed by atoms with Crippen LogP contribution in [0, 0.1) is 0 Å². The number of aromatic nitrogens is 1. The molecule has 0 aliphatic carbocycles. The van der Waals surface area contributed by atoms with Gasteiger partial charge in [-0.3, -0.25) is 4.90 Å². The molecule has 1 fully saturated rings. The fraction of sp³-hybridized carbons (Fsp3) is 0.700. The van der Waals surface area contributed by atoms with E-state index in [2.05, 4.69) is 10.1 Å². The molecular formula is C10H16N2O3. The zero-order chi connectivity index (χ0) is 10.7. The number of ether oxygens (including phenoxy) is 1. The predicted octanol–water partition coefficient (Wildman–Crippen LogP) is 0.388. The summed E-state index contributed by atoms with van der Waals surface area (Å²) in [5.41, 5.74) is 0.899. The zero-order valence-corrected chi connectivity index (χ0v) is 8.85. The van der Waals surface area contributed by atoms with Gasteiger partial charge in [-0.1, -0.05) is 5.16 Å². The van der Waals surface area contributed by atoms with Crippen LogP contribution in [-0.2, 0) is 17.9 Å². The van der Waals surface area contributed by atoms with E-state index in [9.17, 15) is 5.11 Å². The molecule has 84 valence electrons. The van der Waals surface area contributed by atoms with E-state index >= 15 is 0 Å². The Balaban J connectivity index is 1.87. The minimum atomic E-state index is -0.185. The molecule has 1 aliphatic heterocycles. The summed E-state index contributed by atoms with van der Waals surface area (Å²) in [5.74, 6) is 0.743. The van der Waals surface area contributed by atoms with E-state index in [1.54, 1.807) is 7.11 Å². The molecule has 5 nitrogen and oxygen atoms in total. The van der Waals surface area contributed by atoms with E-state index in [1.807, 2.05) is 6.07 Å². The first kappa shape index (κ1) is 10.6. The van der Waals surface area contributed by atoms with Crippen LogP contribution >= 0.6 is 0 Å². The molecule has 1 atom stereocenters. The number of hydrogen-bond acceptors (Lipinski definition) is 5. The third-order valence-electron chi connectivity index (χ3n) is 2.53. The number of β-amino-alcohol motifs (C(OH)–C–C–N with tert-alkyl or cyclic N) is 1. The van der Waals surface area contributed by atoms with Crippen LogP contribution in [0.3, 0.4) is 0 Å². The molecule has 15 heavy (non-hydrogen) atoms. The second kappa shape index (κ2) is 4.74. The van der Waals surface area contributed by atoms with Gasteiger partial charge in [-0.25, -0.2) is 0 Å². The topological polar surface area (TPSA) is 58.7 Å². The third-order valence-corrected chi connectivity index (χ3v) is 2.53. The van der Waals surface area contributed by atoms with Crippen LogP contribution in [0.5, 0.6) is 0 Å². The van der Waals surface area contributed by atoms with Crippen LogP contribution in [-0.4, -0.2) is 41.5 Å². The predicted molar refractivity (Wildman–Crippen MR) is 53.1 cm³/mol. The molecule has 1 aromatic rings. The Morgan fingerprint density at radius 3 is 3.27 bits per heavy atom. The average molecular weight is 212 g/mol. The lowest BCUT2D eigenvalue weighted by Crippen LogP contribution is -2.21. The molecule has 1 aromatic heterocycles. The lowest BCUT2D eigenvalue weighted by Gasteiger charge is -2.11. The molecule has 0 radical (unpaired) electrons. The smallest absolute Gasteiger partial charge is 0.162 e. The fourth-order valence-corrected chi connectivity index (χ4v) is 1.83. The van der Waals surface area contributed by atoms with Crippen molar-refractivity contribution in [1.82, 2.24) is 10.1 Å². The van der Waals surface area contributed by atoms with Gasteiger partial charge in [0.25, 0.3) is 0 Å². The minimum Gasteiger partial charge on any atom is -0.392 e. The van der Waals surface area contributed by atoms with Crippen LogP contribution in [0.15, 0.2) is 10.6 Å². The van der Waals surface area contributed by atoms with Gasteiger partial charge in [0.2, 0.25) is 0 Å². The van der Waals surface area contributed by atoms with Gasteiger partial charge in [0.05, 0.1) is 11.8 Å². The number of aliphatic hydroxyl groups is 1. The van der Waals surface area contributed by atoms with Crippen molar-refractivity contribution in [3.8, 4) is 0 Å². The van der Waals surface area contributed by atoms with Gasteiger partial charge >= 0.3 is 0 Å². The van der Waals surface area contributed by atoms with Crippen molar-refractivity contribution in [2.75, 3.05) is 20.2 Å². The Morgan fingerprint density at radius 2 is 2.60 bits per heavy atom. The van der Waals surface area contributed by atoms with E-state index in [1.165, 1.54) is 0 Å². The van der Waals surface area contributed by atoms with E-state index < -0.39 is 0 Å². The van der Waals surface area contributed by atoms with Gasteiger partial charge in [-0.15, -0.1) is 0 Å². The maximum atomic E-state index is 9.36. The van der Waals surface area contributed by atoms with Gasteiger partial charge in [-0.05, 0) is 6.42 Å². The molecule has 5 heteroatoms. The normalized spacial score (nSPS) is 22.4.